The molecule has 1 saturated heterocycles. The quantitative estimate of drug-likeness (QED) is 0.397. The van der Waals surface area contributed by atoms with E-state index < -0.39 is 18.3 Å². The molecule has 1 aliphatic rings. The zero-order valence-corrected chi connectivity index (χ0v) is 7.67. The van der Waals surface area contributed by atoms with Gasteiger partial charge in [0.15, 0.2) is 0 Å². The zero-order chi connectivity index (χ0) is 10.0. The minimum atomic E-state index is -1.08. The molecule has 1 heterocycles. The Morgan fingerprint density at radius 1 is 1.23 bits per heavy atom. The van der Waals surface area contributed by atoms with Crippen LogP contribution in [0.4, 0.5) is 0 Å². The molecule has 5 nitrogen and oxygen atoms in total. The first-order chi connectivity index (χ1) is 6.07. The molecule has 1 aliphatic heterocycles. The second kappa shape index (κ2) is 4.34. The fourth-order valence-corrected chi connectivity index (χ4v) is 1.67. The van der Waals surface area contributed by atoms with Crippen molar-refractivity contribution < 1.29 is 20.4 Å². The third-order valence-corrected chi connectivity index (χ3v) is 2.62. The highest BCUT2D eigenvalue weighted by molar-refractivity contribution is 4.91. The molecule has 0 bridgehead atoms. The van der Waals surface area contributed by atoms with Crippen molar-refractivity contribution in [1.82, 2.24) is 4.90 Å². The molecule has 4 N–H and O–H groups in total. The molecule has 5 heteroatoms. The summed E-state index contributed by atoms with van der Waals surface area (Å²) in [5.41, 5.74) is 0. The third-order valence-electron chi connectivity index (χ3n) is 2.62. The summed E-state index contributed by atoms with van der Waals surface area (Å²) in [7, 11) is 0. The maximum absolute atomic E-state index is 9.48. The summed E-state index contributed by atoms with van der Waals surface area (Å²) in [4.78, 5) is 1.75. The van der Waals surface area contributed by atoms with Gasteiger partial charge in [-0.3, -0.25) is 4.90 Å². The van der Waals surface area contributed by atoms with Crippen molar-refractivity contribution in [3.63, 3.8) is 0 Å². The topological polar surface area (TPSA) is 84.2 Å². The van der Waals surface area contributed by atoms with E-state index in [0.717, 1.165) is 0 Å². The van der Waals surface area contributed by atoms with Gasteiger partial charge in [0, 0.05) is 19.1 Å². The van der Waals surface area contributed by atoms with Gasteiger partial charge >= 0.3 is 0 Å². The molecular formula is C8H17NO4. The number of rotatable bonds is 2. The van der Waals surface area contributed by atoms with Gasteiger partial charge in [-0.05, 0) is 6.92 Å². The van der Waals surface area contributed by atoms with E-state index in [9.17, 15) is 15.3 Å². The van der Waals surface area contributed by atoms with Gasteiger partial charge in [-0.25, -0.2) is 0 Å². The number of nitrogens with zero attached hydrogens (tertiary/aromatic N) is 1. The number of likely N-dealkylation sites (tertiary alicyclic amines) is 1. The highest BCUT2D eigenvalue weighted by atomic mass is 16.4. The number of aliphatic hydroxyl groups excluding tert-OH is 4. The average Bonchev–Trinajstić information content (AvgIpc) is 2.11. The molecule has 78 valence electrons. The molecule has 0 aromatic carbocycles. The Balaban J connectivity index is 2.59. The molecule has 0 aromatic heterocycles. The number of aliphatic hydroxyl groups is 4. The van der Waals surface area contributed by atoms with Gasteiger partial charge in [0.05, 0.1) is 18.8 Å². The molecular weight excluding hydrogens is 174 g/mol. The summed E-state index contributed by atoms with van der Waals surface area (Å²) in [6.07, 6.45) is -2.96. The van der Waals surface area contributed by atoms with Gasteiger partial charge in [-0.1, -0.05) is 0 Å². The van der Waals surface area contributed by atoms with E-state index in [0.29, 0.717) is 13.1 Å². The highest BCUT2D eigenvalue weighted by Crippen LogP contribution is 2.17. The zero-order valence-electron chi connectivity index (χ0n) is 7.67. The fraction of sp³-hybridized carbons (Fsp3) is 1.00. The minimum absolute atomic E-state index is 0.0140. The van der Waals surface area contributed by atoms with Crippen LogP contribution in [0, 0.1) is 0 Å². The summed E-state index contributed by atoms with van der Waals surface area (Å²) >= 11 is 0. The Morgan fingerprint density at radius 3 is 2.38 bits per heavy atom. The molecule has 0 saturated carbocycles. The second-order valence-corrected chi connectivity index (χ2v) is 3.51. The Morgan fingerprint density at radius 2 is 1.85 bits per heavy atom. The molecule has 0 spiro atoms. The summed E-state index contributed by atoms with van der Waals surface area (Å²) < 4.78 is 0. The lowest BCUT2D eigenvalue weighted by atomic mass is 9.95. The van der Waals surface area contributed by atoms with Crippen molar-refractivity contribution in [2.45, 2.75) is 31.3 Å². The minimum Gasteiger partial charge on any atom is -0.395 e. The first kappa shape index (κ1) is 10.9. The molecule has 0 aliphatic carbocycles. The number of β-amino-alcohol motifs (C(OH)–C–C–N with tert-alkyl or cyclic N) is 2. The van der Waals surface area contributed by atoms with E-state index in [2.05, 4.69) is 0 Å². The van der Waals surface area contributed by atoms with Crippen LogP contribution >= 0.6 is 0 Å². The predicted molar refractivity (Wildman–Crippen MR) is 46.1 cm³/mol. The van der Waals surface area contributed by atoms with Crippen molar-refractivity contribution in [2.24, 2.45) is 0 Å². The van der Waals surface area contributed by atoms with Gasteiger partial charge in [0.2, 0.25) is 0 Å². The summed E-state index contributed by atoms with van der Waals surface area (Å²) in [6, 6.07) is -0.231. The van der Waals surface area contributed by atoms with Crippen LogP contribution in [0.2, 0.25) is 0 Å². The lowest BCUT2D eigenvalue weighted by Crippen LogP contribution is -2.60. The SMILES string of the molecule is C[C@@H]1[C@@H](O)[C@H](O)[C@@H](O)CN1CCO. The van der Waals surface area contributed by atoms with Crippen molar-refractivity contribution in [2.75, 3.05) is 19.7 Å². The van der Waals surface area contributed by atoms with Crippen LogP contribution in [-0.4, -0.2) is 69.4 Å². The number of hydrogen-bond donors (Lipinski definition) is 4. The van der Waals surface area contributed by atoms with E-state index in [1.54, 1.807) is 11.8 Å². The van der Waals surface area contributed by atoms with Gasteiger partial charge in [-0.15, -0.1) is 0 Å². The summed E-state index contributed by atoms with van der Waals surface area (Å²) in [5.74, 6) is 0. The van der Waals surface area contributed by atoms with E-state index >= 15 is 0 Å². The highest BCUT2D eigenvalue weighted by Gasteiger charge is 2.38. The van der Waals surface area contributed by atoms with Crippen molar-refractivity contribution in [1.29, 1.82) is 0 Å². The largest absolute Gasteiger partial charge is 0.395 e. The first-order valence-corrected chi connectivity index (χ1v) is 4.47. The maximum atomic E-state index is 9.48. The monoisotopic (exact) mass is 191 g/mol. The predicted octanol–water partition coefficient (Wildman–Crippen LogP) is -2.23. The van der Waals surface area contributed by atoms with Crippen LogP contribution in [0.25, 0.3) is 0 Å². The first-order valence-electron chi connectivity index (χ1n) is 4.47. The van der Waals surface area contributed by atoms with Gasteiger partial charge < -0.3 is 20.4 Å². The lowest BCUT2D eigenvalue weighted by molar-refractivity contribution is -0.134. The summed E-state index contributed by atoms with van der Waals surface area (Å²) in [6.45, 7) is 2.44. The van der Waals surface area contributed by atoms with Crippen LogP contribution in [0.1, 0.15) is 6.92 Å². The van der Waals surface area contributed by atoms with E-state index in [-0.39, 0.29) is 12.6 Å². The van der Waals surface area contributed by atoms with Crippen LogP contribution < -0.4 is 0 Å². The van der Waals surface area contributed by atoms with E-state index in [1.165, 1.54) is 0 Å². The molecule has 0 amide bonds. The smallest absolute Gasteiger partial charge is 0.108 e. The van der Waals surface area contributed by atoms with E-state index in [1.807, 2.05) is 0 Å². The molecule has 4 atom stereocenters. The number of hydrogen-bond acceptors (Lipinski definition) is 5. The summed E-state index contributed by atoms with van der Waals surface area (Å²) in [5, 5.41) is 36.8. The van der Waals surface area contributed by atoms with E-state index in [4.69, 9.17) is 5.11 Å². The van der Waals surface area contributed by atoms with Crippen molar-refractivity contribution >= 4 is 0 Å². The third kappa shape index (κ3) is 2.18. The molecule has 0 aromatic rings. The standard InChI is InChI=1S/C8H17NO4/c1-5-7(12)8(13)6(11)4-9(5)2-3-10/h5-8,10-13H,2-4H2,1H3/t5-,6+,7-,8-/m1/s1. The fourth-order valence-electron chi connectivity index (χ4n) is 1.67. The molecule has 0 radical (unpaired) electrons. The Hall–Kier alpha value is -0.200. The molecule has 1 fully saturated rings. The van der Waals surface area contributed by atoms with Crippen LogP contribution in [0.3, 0.4) is 0 Å². The van der Waals surface area contributed by atoms with Gasteiger partial charge in [0.25, 0.3) is 0 Å². The molecule has 0 unspecified atom stereocenters. The lowest BCUT2D eigenvalue weighted by Gasteiger charge is -2.41. The van der Waals surface area contributed by atoms with Gasteiger partial charge in [0.1, 0.15) is 6.10 Å². The Kier molecular flexibility index (Phi) is 3.63. The van der Waals surface area contributed by atoms with Crippen LogP contribution in [0.15, 0.2) is 0 Å². The number of piperidine rings is 1. The maximum Gasteiger partial charge on any atom is 0.108 e. The van der Waals surface area contributed by atoms with Crippen LogP contribution in [-0.2, 0) is 0 Å². The van der Waals surface area contributed by atoms with Gasteiger partial charge in [-0.2, -0.15) is 0 Å². The molecule has 13 heavy (non-hydrogen) atoms. The second-order valence-electron chi connectivity index (χ2n) is 3.51. The Bertz CT molecular complexity index is 166. The van der Waals surface area contributed by atoms with Crippen molar-refractivity contribution in [3.05, 3.63) is 0 Å². The normalized spacial score (nSPS) is 42.2. The van der Waals surface area contributed by atoms with Crippen molar-refractivity contribution in [3.8, 4) is 0 Å². The van der Waals surface area contributed by atoms with Crippen LogP contribution in [0.5, 0.6) is 0 Å². The Labute approximate surface area is 77.2 Å². The molecule has 1 rings (SSSR count). The average molecular weight is 191 g/mol.